The summed E-state index contributed by atoms with van der Waals surface area (Å²) in [5.41, 5.74) is -1.20. The molecule has 25 heavy (non-hydrogen) atoms. The number of nitrogens with one attached hydrogen (secondary N) is 1. The van der Waals surface area contributed by atoms with Gasteiger partial charge in [-0.25, -0.2) is 0 Å². The van der Waals surface area contributed by atoms with Crippen LogP contribution in [0.2, 0.25) is 0 Å². The lowest BCUT2D eigenvalue weighted by Crippen LogP contribution is -2.25. The van der Waals surface area contributed by atoms with Crippen molar-refractivity contribution in [2.75, 3.05) is 4.83 Å². The van der Waals surface area contributed by atoms with Crippen LogP contribution in [0.3, 0.4) is 0 Å². The van der Waals surface area contributed by atoms with Crippen LogP contribution in [0.1, 0.15) is 5.69 Å². The number of alkyl halides is 3. The van der Waals surface area contributed by atoms with Crippen LogP contribution < -0.4 is 4.83 Å². The number of thiophene rings is 1. The Balaban J connectivity index is 2.07. The molecule has 5 nitrogen and oxygen atoms in total. The standard InChI is InChI=1S/C14H9BrF3N3O2S2/c15-13-7-6-11(24-13)10-8-12(14(16,17)18)19-21(10)20-25(22,23)9-4-2-1-3-5-9/h1-8,20H. The van der Waals surface area contributed by atoms with Crippen molar-refractivity contribution in [2.24, 2.45) is 0 Å². The van der Waals surface area contributed by atoms with Gasteiger partial charge in [-0.15, -0.1) is 16.4 Å². The molecule has 0 aliphatic rings. The van der Waals surface area contributed by atoms with Gasteiger partial charge in [-0.1, -0.05) is 18.2 Å². The molecule has 1 N–H and O–H groups in total. The molecule has 3 aromatic rings. The summed E-state index contributed by atoms with van der Waals surface area (Å²) < 4.78 is 64.5. The predicted octanol–water partition coefficient (Wildman–Crippen LogP) is 4.33. The summed E-state index contributed by atoms with van der Waals surface area (Å²) in [7, 11) is -4.09. The van der Waals surface area contributed by atoms with Crippen LogP contribution in [0.4, 0.5) is 13.2 Å². The molecule has 132 valence electrons. The van der Waals surface area contributed by atoms with E-state index >= 15 is 0 Å². The van der Waals surface area contributed by atoms with Crippen molar-refractivity contribution in [1.82, 2.24) is 9.89 Å². The van der Waals surface area contributed by atoms with Crippen molar-refractivity contribution in [2.45, 2.75) is 11.1 Å². The average Bonchev–Trinajstić information content (AvgIpc) is 3.13. The molecule has 0 aliphatic heterocycles. The molecule has 0 fully saturated rings. The van der Waals surface area contributed by atoms with Gasteiger partial charge in [-0.3, -0.25) is 0 Å². The summed E-state index contributed by atoms with van der Waals surface area (Å²) in [6, 6.07) is 11.3. The van der Waals surface area contributed by atoms with Crippen LogP contribution in [0.25, 0.3) is 10.6 Å². The number of benzene rings is 1. The van der Waals surface area contributed by atoms with E-state index in [0.717, 1.165) is 17.4 Å². The van der Waals surface area contributed by atoms with Crippen molar-refractivity contribution >= 4 is 37.3 Å². The smallest absolute Gasteiger partial charge is 0.200 e. The molecule has 0 bridgehead atoms. The second-order valence-electron chi connectivity index (χ2n) is 4.84. The first-order chi connectivity index (χ1) is 11.7. The quantitative estimate of drug-likeness (QED) is 0.641. The number of sulfonamides is 1. The third-order valence-corrected chi connectivity index (χ3v) is 6.04. The molecule has 0 saturated carbocycles. The van der Waals surface area contributed by atoms with E-state index in [2.05, 4.69) is 25.9 Å². The van der Waals surface area contributed by atoms with Gasteiger partial charge in [0.25, 0.3) is 10.0 Å². The minimum absolute atomic E-state index is 0.0115. The molecule has 0 spiro atoms. The molecule has 11 heteroatoms. The summed E-state index contributed by atoms with van der Waals surface area (Å²) in [6.45, 7) is 0. The molecular weight excluding hydrogens is 443 g/mol. The first-order valence-corrected chi connectivity index (χ1v) is 9.77. The van der Waals surface area contributed by atoms with E-state index in [1.807, 2.05) is 0 Å². The zero-order valence-electron chi connectivity index (χ0n) is 12.2. The van der Waals surface area contributed by atoms with E-state index in [1.165, 1.54) is 24.3 Å². The summed E-state index contributed by atoms with van der Waals surface area (Å²) in [5, 5.41) is 3.37. The Labute approximate surface area is 153 Å². The Hall–Kier alpha value is -1.85. The first kappa shape index (κ1) is 18.0. The molecular formula is C14H9BrF3N3O2S2. The van der Waals surface area contributed by atoms with Gasteiger partial charge in [0.1, 0.15) is 5.69 Å². The number of hydrogen-bond acceptors (Lipinski definition) is 4. The molecule has 0 radical (unpaired) electrons. The maximum Gasteiger partial charge on any atom is 0.435 e. The Kier molecular flexibility index (Phi) is 4.64. The molecule has 3 rings (SSSR count). The van der Waals surface area contributed by atoms with Crippen LogP contribution in [-0.4, -0.2) is 18.3 Å². The topological polar surface area (TPSA) is 64.0 Å². The normalized spacial score (nSPS) is 12.3. The lowest BCUT2D eigenvalue weighted by Gasteiger charge is -2.10. The molecule has 0 saturated heterocycles. The van der Waals surface area contributed by atoms with Crippen LogP contribution in [0.15, 0.2) is 57.2 Å². The van der Waals surface area contributed by atoms with Crippen LogP contribution in [-0.2, 0) is 16.2 Å². The average molecular weight is 452 g/mol. The minimum Gasteiger partial charge on any atom is -0.200 e. The second-order valence-corrected chi connectivity index (χ2v) is 8.96. The fourth-order valence-corrected chi connectivity index (χ4v) is 4.36. The highest BCUT2D eigenvalue weighted by molar-refractivity contribution is 9.11. The maximum atomic E-state index is 13.0. The number of halogens is 4. The number of rotatable bonds is 4. The molecule has 0 amide bonds. The Morgan fingerprint density at radius 1 is 1.12 bits per heavy atom. The molecule has 2 aromatic heterocycles. The molecule has 2 heterocycles. The highest BCUT2D eigenvalue weighted by atomic mass is 79.9. The Bertz CT molecular complexity index is 998. The van der Waals surface area contributed by atoms with Crippen LogP contribution >= 0.6 is 27.3 Å². The molecule has 0 aliphatic carbocycles. The zero-order chi connectivity index (χ0) is 18.2. The monoisotopic (exact) mass is 451 g/mol. The van der Waals surface area contributed by atoms with Crippen LogP contribution in [0.5, 0.6) is 0 Å². The van der Waals surface area contributed by atoms with E-state index in [4.69, 9.17) is 0 Å². The Morgan fingerprint density at radius 2 is 1.80 bits per heavy atom. The van der Waals surface area contributed by atoms with Crippen molar-refractivity contribution in [3.8, 4) is 10.6 Å². The van der Waals surface area contributed by atoms with Crippen molar-refractivity contribution in [3.05, 3.63) is 58.0 Å². The van der Waals surface area contributed by atoms with E-state index in [9.17, 15) is 21.6 Å². The van der Waals surface area contributed by atoms with Gasteiger partial charge in [0.15, 0.2) is 5.69 Å². The largest absolute Gasteiger partial charge is 0.435 e. The van der Waals surface area contributed by atoms with Gasteiger partial charge in [0.2, 0.25) is 0 Å². The molecule has 0 unspecified atom stereocenters. The van der Waals surface area contributed by atoms with Gasteiger partial charge < -0.3 is 0 Å². The lowest BCUT2D eigenvalue weighted by molar-refractivity contribution is -0.141. The predicted molar refractivity (Wildman–Crippen MR) is 91.2 cm³/mol. The number of aromatic nitrogens is 2. The minimum atomic E-state index is -4.70. The summed E-state index contributed by atoms with van der Waals surface area (Å²) in [6.07, 6.45) is -4.70. The molecule has 0 atom stereocenters. The zero-order valence-corrected chi connectivity index (χ0v) is 15.4. The third-order valence-electron chi connectivity index (χ3n) is 3.09. The summed E-state index contributed by atoms with van der Waals surface area (Å²) in [5.74, 6) is 0. The maximum absolute atomic E-state index is 13.0. The van der Waals surface area contributed by atoms with Gasteiger partial charge in [0.05, 0.1) is 13.6 Å². The van der Waals surface area contributed by atoms with Crippen molar-refractivity contribution in [1.29, 1.82) is 0 Å². The third kappa shape index (κ3) is 3.88. The van der Waals surface area contributed by atoms with Gasteiger partial charge >= 0.3 is 6.18 Å². The summed E-state index contributed by atoms with van der Waals surface area (Å²) >= 11 is 4.38. The molecule has 1 aromatic carbocycles. The Morgan fingerprint density at radius 3 is 2.36 bits per heavy atom. The number of hydrogen-bond donors (Lipinski definition) is 1. The lowest BCUT2D eigenvalue weighted by atomic mass is 10.3. The van der Waals surface area contributed by atoms with E-state index < -0.39 is 21.9 Å². The van der Waals surface area contributed by atoms with Gasteiger partial charge in [0, 0.05) is 0 Å². The fourth-order valence-electron chi connectivity index (χ4n) is 1.98. The van der Waals surface area contributed by atoms with E-state index in [-0.39, 0.29) is 10.6 Å². The van der Waals surface area contributed by atoms with Crippen molar-refractivity contribution in [3.63, 3.8) is 0 Å². The highest BCUT2D eigenvalue weighted by Gasteiger charge is 2.36. The van der Waals surface area contributed by atoms with E-state index in [0.29, 0.717) is 13.5 Å². The summed E-state index contributed by atoms with van der Waals surface area (Å²) in [4.78, 5) is 3.04. The second kappa shape index (κ2) is 6.46. The number of nitrogens with zero attached hydrogens (tertiary/aromatic N) is 2. The van der Waals surface area contributed by atoms with E-state index in [1.54, 1.807) is 18.2 Å². The fraction of sp³-hybridized carbons (Fsp3) is 0.0714. The highest BCUT2D eigenvalue weighted by Crippen LogP contribution is 2.35. The SMILES string of the molecule is O=S(=O)(Nn1nc(C(F)(F)F)cc1-c1ccc(Br)s1)c1ccccc1. The van der Waals surface area contributed by atoms with Gasteiger partial charge in [-0.2, -0.15) is 31.2 Å². The van der Waals surface area contributed by atoms with Crippen LogP contribution in [0, 0.1) is 0 Å². The first-order valence-electron chi connectivity index (χ1n) is 6.68. The van der Waals surface area contributed by atoms with Gasteiger partial charge in [-0.05, 0) is 46.3 Å². The van der Waals surface area contributed by atoms with Crippen molar-refractivity contribution < 1.29 is 21.6 Å².